The minimum absolute atomic E-state index is 0.192. The van der Waals surface area contributed by atoms with Gasteiger partial charge in [-0.3, -0.25) is 0 Å². The summed E-state index contributed by atoms with van der Waals surface area (Å²) in [6.07, 6.45) is 15.2. The van der Waals surface area contributed by atoms with Crippen LogP contribution in [0.3, 0.4) is 0 Å². The summed E-state index contributed by atoms with van der Waals surface area (Å²) in [6, 6.07) is 0. The van der Waals surface area contributed by atoms with Crippen LogP contribution in [0.2, 0.25) is 0 Å². The summed E-state index contributed by atoms with van der Waals surface area (Å²) in [7, 11) is 0. The molecule has 18 heavy (non-hydrogen) atoms. The Hall–Kier alpha value is -0.0400. The van der Waals surface area contributed by atoms with E-state index in [9.17, 15) is 0 Å². The third-order valence-corrected chi connectivity index (χ3v) is 5.72. The van der Waals surface area contributed by atoms with E-state index in [-0.39, 0.29) is 5.54 Å². The minimum atomic E-state index is 0.192. The van der Waals surface area contributed by atoms with Crippen LogP contribution in [-0.2, 0) is 0 Å². The molecule has 2 saturated carbocycles. The zero-order valence-corrected chi connectivity index (χ0v) is 12.6. The van der Waals surface area contributed by atoms with Gasteiger partial charge in [0.15, 0.2) is 0 Å². The third-order valence-electron chi connectivity index (χ3n) is 5.72. The van der Waals surface area contributed by atoms with Crippen molar-refractivity contribution in [3.63, 3.8) is 0 Å². The van der Waals surface area contributed by atoms with E-state index in [1.54, 1.807) is 0 Å². The van der Waals surface area contributed by atoms with Crippen LogP contribution in [0.25, 0.3) is 0 Å². The SMILES string of the molecule is CCCC1CCCC(N)(C2CCCC(C)C2)CC1. The van der Waals surface area contributed by atoms with E-state index in [0.717, 1.165) is 17.8 Å². The molecule has 1 heteroatoms. The Bertz CT molecular complexity index is 250. The lowest BCUT2D eigenvalue weighted by atomic mass is 9.69. The van der Waals surface area contributed by atoms with Gasteiger partial charge in [-0.25, -0.2) is 0 Å². The molecule has 2 fully saturated rings. The molecular formula is C17H33N. The topological polar surface area (TPSA) is 26.0 Å². The molecule has 2 aliphatic carbocycles. The predicted molar refractivity (Wildman–Crippen MR) is 79.5 cm³/mol. The van der Waals surface area contributed by atoms with Gasteiger partial charge in [0.25, 0.3) is 0 Å². The van der Waals surface area contributed by atoms with Crippen LogP contribution < -0.4 is 5.73 Å². The Morgan fingerprint density at radius 3 is 2.61 bits per heavy atom. The molecule has 2 aliphatic rings. The molecule has 0 aliphatic heterocycles. The second-order valence-corrected chi connectivity index (χ2v) is 7.29. The molecule has 0 aromatic heterocycles. The molecular weight excluding hydrogens is 218 g/mol. The van der Waals surface area contributed by atoms with Gasteiger partial charge in [-0.05, 0) is 49.9 Å². The first-order valence-corrected chi connectivity index (χ1v) is 8.43. The molecule has 2 N–H and O–H groups in total. The molecule has 0 heterocycles. The molecule has 1 nitrogen and oxygen atoms in total. The molecule has 106 valence electrons. The summed E-state index contributed by atoms with van der Waals surface area (Å²) in [5.41, 5.74) is 7.05. The van der Waals surface area contributed by atoms with Crippen molar-refractivity contribution < 1.29 is 0 Å². The van der Waals surface area contributed by atoms with Crippen LogP contribution in [0.5, 0.6) is 0 Å². The second-order valence-electron chi connectivity index (χ2n) is 7.29. The van der Waals surface area contributed by atoms with Crippen LogP contribution in [-0.4, -0.2) is 5.54 Å². The quantitative estimate of drug-likeness (QED) is 0.710. The molecule has 0 spiro atoms. The maximum absolute atomic E-state index is 6.85. The summed E-state index contributed by atoms with van der Waals surface area (Å²) < 4.78 is 0. The van der Waals surface area contributed by atoms with Gasteiger partial charge in [0.05, 0.1) is 0 Å². The molecule has 0 aromatic carbocycles. The van der Waals surface area contributed by atoms with Crippen molar-refractivity contribution in [3.8, 4) is 0 Å². The Morgan fingerprint density at radius 2 is 1.89 bits per heavy atom. The van der Waals surface area contributed by atoms with Gasteiger partial charge in [-0.1, -0.05) is 52.4 Å². The molecule has 2 rings (SSSR count). The number of hydrogen-bond acceptors (Lipinski definition) is 1. The number of rotatable bonds is 3. The lowest BCUT2D eigenvalue weighted by molar-refractivity contribution is 0.153. The number of hydrogen-bond donors (Lipinski definition) is 1. The van der Waals surface area contributed by atoms with Crippen molar-refractivity contribution >= 4 is 0 Å². The van der Waals surface area contributed by atoms with Gasteiger partial charge in [0.1, 0.15) is 0 Å². The highest BCUT2D eigenvalue weighted by Crippen LogP contribution is 2.42. The maximum Gasteiger partial charge on any atom is 0.0183 e. The molecule has 0 radical (unpaired) electrons. The van der Waals surface area contributed by atoms with E-state index in [2.05, 4.69) is 13.8 Å². The van der Waals surface area contributed by atoms with Gasteiger partial charge in [-0.15, -0.1) is 0 Å². The van der Waals surface area contributed by atoms with Crippen molar-refractivity contribution in [2.24, 2.45) is 23.5 Å². The Morgan fingerprint density at radius 1 is 1.06 bits per heavy atom. The van der Waals surface area contributed by atoms with Crippen LogP contribution in [0.4, 0.5) is 0 Å². The van der Waals surface area contributed by atoms with Crippen molar-refractivity contribution in [1.29, 1.82) is 0 Å². The molecule has 4 unspecified atom stereocenters. The van der Waals surface area contributed by atoms with Gasteiger partial charge in [-0.2, -0.15) is 0 Å². The molecule has 0 aromatic rings. The monoisotopic (exact) mass is 251 g/mol. The fourth-order valence-corrected chi connectivity index (χ4v) is 4.52. The first-order chi connectivity index (χ1) is 8.64. The average molecular weight is 251 g/mol. The van der Waals surface area contributed by atoms with Gasteiger partial charge < -0.3 is 5.73 Å². The van der Waals surface area contributed by atoms with Crippen molar-refractivity contribution in [3.05, 3.63) is 0 Å². The highest BCUT2D eigenvalue weighted by molar-refractivity contribution is 4.95. The smallest absolute Gasteiger partial charge is 0.0183 e. The summed E-state index contributed by atoms with van der Waals surface area (Å²) in [5, 5.41) is 0. The average Bonchev–Trinajstić information content (AvgIpc) is 2.54. The molecule has 0 amide bonds. The maximum atomic E-state index is 6.85. The van der Waals surface area contributed by atoms with Crippen molar-refractivity contribution in [1.82, 2.24) is 0 Å². The van der Waals surface area contributed by atoms with Crippen molar-refractivity contribution in [2.45, 2.75) is 90.0 Å². The first kappa shape index (κ1) is 14.4. The fraction of sp³-hybridized carbons (Fsp3) is 1.00. The van der Waals surface area contributed by atoms with Crippen LogP contribution in [0.15, 0.2) is 0 Å². The van der Waals surface area contributed by atoms with E-state index < -0.39 is 0 Å². The van der Waals surface area contributed by atoms with Crippen molar-refractivity contribution in [2.75, 3.05) is 0 Å². The fourth-order valence-electron chi connectivity index (χ4n) is 4.52. The molecule has 0 bridgehead atoms. The van der Waals surface area contributed by atoms with Crippen LogP contribution in [0.1, 0.15) is 84.5 Å². The zero-order chi connectivity index (χ0) is 13.0. The summed E-state index contributed by atoms with van der Waals surface area (Å²) in [5.74, 6) is 2.71. The van der Waals surface area contributed by atoms with Gasteiger partial charge in [0.2, 0.25) is 0 Å². The Labute approximate surface area is 114 Å². The van der Waals surface area contributed by atoms with Gasteiger partial charge in [0, 0.05) is 5.54 Å². The van der Waals surface area contributed by atoms with Crippen LogP contribution in [0, 0.1) is 17.8 Å². The standard InChI is InChI=1S/C17H33N/c1-3-6-15-8-5-11-17(18,12-10-15)16-9-4-7-14(2)13-16/h14-16H,3-13,18H2,1-2H3. The lowest BCUT2D eigenvalue weighted by Gasteiger charge is -2.41. The van der Waals surface area contributed by atoms with Crippen LogP contribution >= 0.6 is 0 Å². The Kier molecular flexibility index (Phi) is 5.12. The van der Waals surface area contributed by atoms with E-state index in [0.29, 0.717) is 0 Å². The zero-order valence-electron chi connectivity index (χ0n) is 12.6. The van der Waals surface area contributed by atoms with E-state index in [4.69, 9.17) is 5.73 Å². The summed E-state index contributed by atoms with van der Waals surface area (Å²) >= 11 is 0. The first-order valence-electron chi connectivity index (χ1n) is 8.43. The number of nitrogens with two attached hydrogens (primary N) is 1. The third kappa shape index (κ3) is 3.50. The minimum Gasteiger partial charge on any atom is -0.325 e. The predicted octanol–water partition coefficient (Wildman–Crippen LogP) is 4.89. The summed E-state index contributed by atoms with van der Waals surface area (Å²) in [4.78, 5) is 0. The molecule has 4 atom stereocenters. The normalized spacial score (nSPS) is 42.5. The largest absolute Gasteiger partial charge is 0.325 e. The van der Waals surface area contributed by atoms with E-state index >= 15 is 0 Å². The Balaban J connectivity index is 1.93. The summed E-state index contributed by atoms with van der Waals surface area (Å²) in [6.45, 7) is 4.75. The van der Waals surface area contributed by atoms with Gasteiger partial charge >= 0.3 is 0 Å². The highest BCUT2D eigenvalue weighted by atomic mass is 14.8. The van der Waals surface area contributed by atoms with E-state index in [1.165, 1.54) is 70.6 Å². The highest BCUT2D eigenvalue weighted by Gasteiger charge is 2.38. The molecule has 0 saturated heterocycles. The van der Waals surface area contributed by atoms with E-state index in [1.807, 2.05) is 0 Å². The second kappa shape index (κ2) is 6.41. The lowest BCUT2D eigenvalue weighted by Crippen LogP contribution is -2.48.